The summed E-state index contributed by atoms with van der Waals surface area (Å²) in [5, 5.41) is 3.76. The van der Waals surface area contributed by atoms with Crippen molar-refractivity contribution in [3.63, 3.8) is 0 Å². The van der Waals surface area contributed by atoms with Crippen LogP contribution in [0, 0.1) is 5.41 Å². The number of anilines is 1. The van der Waals surface area contributed by atoms with Crippen LogP contribution in [-0.4, -0.2) is 30.6 Å². The lowest BCUT2D eigenvalue weighted by Crippen LogP contribution is -2.46. The van der Waals surface area contributed by atoms with Gasteiger partial charge in [0.25, 0.3) is 0 Å². The largest absolute Gasteiger partial charge is 0.381 e. The molecule has 1 fully saturated rings. The normalized spacial score (nSPS) is 21.4. The minimum absolute atomic E-state index is 0.0113. The highest BCUT2D eigenvalue weighted by atomic mass is 32.1. The molecular weight excluding hydrogens is 286 g/mol. The van der Waals surface area contributed by atoms with Crippen molar-refractivity contribution >= 4 is 22.4 Å². The van der Waals surface area contributed by atoms with Crippen molar-refractivity contribution < 1.29 is 9.53 Å². The molecule has 0 bridgehead atoms. The summed E-state index contributed by atoms with van der Waals surface area (Å²) in [5.41, 5.74) is 6.57. The number of nitrogens with two attached hydrogens (primary N) is 1. The first kappa shape index (κ1) is 14.9. The van der Waals surface area contributed by atoms with E-state index in [0.29, 0.717) is 32.6 Å². The van der Waals surface area contributed by atoms with Crippen molar-refractivity contribution in [3.05, 3.63) is 10.6 Å². The SMILES string of the molecule is NCC1(C(=O)Nc2nc3c(s2)CCCCC3)CCOCC1. The van der Waals surface area contributed by atoms with Crippen LogP contribution < -0.4 is 11.1 Å². The molecule has 3 rings (SSSR count). The molecule has 1 amide bonds. The summed E-state index contributed by atoms with van der Waals surface area (Å²) < 4.78 is 5.36. The molecule has 5 nitrogen and oxygen atoms in total. The van der Waals surface area contributed by atoms with Crippen LogP contribution in [0.2, 0.25) is 0 Å². The first-order chi connectivity index (χ1) is 10.2. The molecule has 2 heterocycles. The minimum Gasteiger partial charge on any atom is -0.381 e. The zero-order chi connectivity index (χ0) is 14.7. The van der Waals surface area contributed by atoms with E-state index in [0.717, 1.165) is 18.0 Å². The monoisotopic (exact) mass is 309 g/mol. The first-order valence-corrected chi connectivity index (χ1v) is 8.63. The lowest BCUT2D eigenvalue weighted by atomic mass is 9.79. The van der Waals surface area contributed by atoms with Gasteiger partial charge in [0, 0.05) is 24.6 Å². The molecule has 1 aliphatic carbocycles. The molecule has 0 unspecified atom stereocenters. The van der Waals surface area contributed by atoms with E-state index in [2.05, 4.69) is 10.3 Å². The number of amides is 1. The predicted octanol–water partition coefficient (Wildman–Crippen LogP) is 2.11. The van der Waals surface area contributed by atoms with Gasteiger partial charge in [-0.05, 0) is 38.5 Å². The average Bonchev–Trinajstić information content (AvgIpc) is 2.76. The van der Waals surface area contributed by atoms with Gasteiger partial charge < -0.3 is 15.8 Å². The molecule has 6 heteroatoms. The number of aromatic nitrogens is 1. The third-order valence-electron chi connectivity index (χ3n) is 4.64. The summed E-state index contributed by atoms with van der Waals surface area (Å²) in [4.78, 5) is 18.6. The van der Waals surface area contributed by atoms with Crippen LogP contribution in [0.3, 0.4) is 0 Å². The van der Waals surface area contributed by atoms with E-state index >= 15 is 0 Å². The van der Waals surface area contributed by atoms with Gasteiger partial charge in [-0.1, -0.05) is 6.42 Å². The van der Waals surface area contributed by atoms with Gasteiger partial charge >= 0.3 is 0 Å². The number of aryl methyl sites for hydroxylation is 2. The van der Waals surface area contributed by atoms with Crippen molar-refractivity contribution in [1.82, 2.24) is 4.98 Å². The van der Waals surface area contributed by atoms with Gasteiger partial charge in [0.05, 0.1) is 11.1 Å². The zero-order valence-corrected chi connectivity index (χ0v) is 13.1. The highest BCUT2D eigenvalue weighted by Crippen LogP contribution is 2.33. The molecule has 116 valence electrons. The van der Waals surface area contributed by atoms with Gasteiger partial charge in [-0.3, -0.25) is 4.79 Å². The third kappa shape index (κ3) is 3.12. The van der Waals surface area contributed by atoms with Gasteiger partial charge in [-0.15, -0.1) is 11.3 Å². The zero-order valence-electron chi connectivity index (χ0n) is 12.3. The molecule has 0 radical (unpaired) electrons. The fourth-order valence-electron chi connectivity index (χ4n) is 3.10. The van der Waals surface area contributed by atoms with Crippen LogP contribution in [0.4, 0.5) is 5.13 Å². The molecule has 0 saturated carbocycles. The van der Waals surface area contributed by atoms with Gasteiger partial charge in [-0.25, -0.2) is 4.98 Å². The Morgan fingerprint density at radius 1 is 1.29 bits per heavy atom. The molecule has 2 aliphatic rings. The maximum absolute atomic E-state index is 12.6. The number of fused-ring (bicyclic) bond motifs is 1. The number of nitrogens with one attached hydrogen (secondary N) is 1. The second-order valence-corrected chi connectivity index (χ2v) is 7.08. The number of carbonyl (C=O) groups excluding carboxylic acids is 1. The van der Waals surface area contributed by atoms with Gasteiger partial charge in [-0.2, -0.15) is 0 Å². The molecule has 1 aromatic rings. The summed E-state index contributed by atoms with van der Waals surface area (Å²) in [6, 6.07) is 0. The van der Waals surface area contributed by atoms with Crippen LogP contribution in [-0.2, 0) is 22.4 Å². The van der Waals surface area contributed by atoms with Crippen molar-refractivity contribution in [3.8, 4) is 0 Å². The Bertz CT molecular complexity index is 486. The summed E-state index contributed by atoms with van der Waals surface area (Å²) in [6.07, 6.45) is 7.24. The Labute approximate surface area is 129 Å². The van der Waals surface area contributed by atoms with E-state index in [4.69, 9.17) is 10.5 Å². The Morgan fingerprint density at radius 3 is 2.81 bits per heavy atom. The molecule has 21 heavy (non-hydrogen) atoms. The maximum atomic E-state index is 12.6. The second-order valence-electron chi connectivity index (χ2n) is 6.00. The summed E-state index contributed by atoms with van der Waals surface area (Å²) in [5.74, 6) is 0.0113. The van der Waals surface area contributed by atoms with Crippen molar-refractivity contribution in [2.75, 3.05) is 25.1 Å². The molecular formula is C15H23N3O2S. The summed E-state index contributed by atoms with van der Waals surface area (Å²) in [6.45, 7) is 1.59. The van der Waals surface area contributed by atoms with Gasteiger partial charge in [0.2, 0.25) is 5.91 Å². The van der Waals surface area contributed by atoms with Crippen LogP contribution in [0.25, 0.3) is 0 Å². The smallest absolute Gasteiger partial charge is 0.233 e. The quantitative estimate of drug-likeness (QED) is 0.838. The summed E-state index contributed by atoms with van der Waals surface area (Å²) in [7, 11) is 0. The molecule has 1 aromatic heterocycles. The summed E-state index contributed by atoms with van der Waals surface area (Å²) >= 11 is 1.64. The number of rotatable bonds is 3. The fraction of sp³-hybridized carbons (Fsp3) is 0.733. The molecule has 0 spiro atoms. The van der Waals surface area contributed by atoms with Crippen molar-refractivity contribution in [1.29, 1.82) is 0 Å². The van der Waals surface area contributed by atoms with Crippen LogP contribution >= 0.6 is 11.3 Å². The number of hydrogen-bond donors (Lipinski definition) is 2. The van der Waals surface area contributed by atoms with Gasteiger partial charge in [0.1, 0.15) is 0 Å². The first-order valence-electron chi connectivity index (χ1n) is 7.81. The predicted molar refractivity (Wildman–Crippen MR) is 83.5 cm³/mol. The highest BCUT2D eigenvalue weighted by molar-refractivity contribution is 7.15. The number of hydrogen-bond acceptors (Lipinski definition) is 5. The molecule has 0 aromatic carbocycles. The molecule has 1 saturated heterocycles. The number of nitrogens with zero attached hydrogens (tertiary/aromatic N) is 1. The second kappa shape index (κ2) is 6.42. The van der Waals surface area contributed by atoms with E-state index in [9.17, 15) is 4.79 Å². The Balaban J connectivity index is 1.72. The number of ether oxygens (including phenoxy) is 1. The van der Waals surface area contributed by atoms with E-state index < -0.39 is 5.41 Å². The Kier molecular flexibility index (Phi) is 4.57. The third-order valence-corrected chi connectivity index (χ3v) is 5.71. The molecule has 0 atom stereocenters. The fourth-order valence-corrected chi connectivity index (χ4v) is 4.14. The number of thiazole rings is 1. The van der Waals surface area contributed by atoms with Crippen LogP contribution in [0.15, 0.2) is 0 Å². The maximum Gasteiger partial charge on any atom is 0.233 e. The Morgan fingerprint density at radius 2 is 2.05 bits per heavy atom. The topological polar surface area (TPSA) is 77.2 Å². The van der Waals surface area contributed by atoms with E-state index in [1.54, 1.807) is 11.3 Å². The standard InChI is InChI=1S/C15H23N3O2S/c16-10-15(6-8-20-9-7-15)13(19)18-14-17-11-4-2-1-3-5-12(11)21-14/h1-10,16H2,(H,17,18,19). The molecule has 3 N–H and O–H groups in total. The van der Waals surface area contributed by atoms with Crippen LogP contribution in [0.1, 0.15) is 42.7 Å². The van der Waals surface area contributed by atoms with E-state index in [1.807, 2.05) is 0 Å². The van der Waals surface area contributed by atoms with Crippen LogP contribution in [0.5, 0.6) is 0 Å². The number of carbonyl (C=O) groups is 1. The van der Waals surface area contributed by atoms with E-state index in [1.165, 1.54) is 29.8 Å². The van der Waals surface area contributed by atoms with Crippen molar-refractivity contribution in [2.45, 2.75) is 44.9 Å². The van der Waals surface area contributed by atoms with Gasteiger partial charge in [0.15, 0.2) is 5.13 Å². The van der Waals surface area contributed by atoms with Crippen molar-refractivity contribution in [2.24, 2.45) is 11.1 Å². The Hall–Kier alpha value is -0.980. The lowest BCUT2D eigenvalue weighted by Gasteiger charge is -2.34. The lowest BCUT2D eigenvalue weighted by molar-refractivity contribution is -0.130. The van der Waals surface area contributed by atoms with E-state index in [-0.39, 0.29) is 5.91 Å². The molecule has 1 aliphatic heterocycles. The average molecular weight is 309 g/mol. The highest BCUT2D eigenvalue weighted by Gasteiger charge is 2.39. The minimum atomic E-state index is -0.485.